The number of nitrogens with one attached hydrogen (secondary N) is 2. The summed E-state index contributed by atoms with van der Waals surface area (Å²) in [5.74, 6) is 0.373. The van der Waals surface area contributed by atoms with Crippen LogP contribution in [0.15, 0.2) is 29.3 Å². The van der Waals surface area contributed by atoms with Gasteiger partial charge in [-0.05, 0) is 43.9 Å². The van der Waals surface area contributed by atoms with E-state index in [0.717, 1.165) is 30.9 Å². The summed E-state index contributed by atoms with van der Waals surface area (Å²) in [4.78, 5) is 15.9. The number of carbonyl (C=O) groups is 1. The lowest BCUT2D eigenvalue weighted by atomic mass is 9.96. The maximum atomic E-state index is 11.2. The van der Waals surface area contributed by atoms with Crippen molar-refractivity contribution < 1.29 is 9.53 Å². The second kappa shape index (κ2) is 8.66. The van der Waals surface area contributed by atoms with Gasteiger partial charge < -0.3 is 21.1 Å². The molecule has 132 valence electrons. The van der Waals surface area contributed by atoms with E-state index in [4.69, 9.17) is 10.5 Å². The van der Waals surface area contributed by atoms with Gasteiger partial charge in [0.05, 0.1) is 24.8 Å². The highest BCUT2D eigenvalue weighted by molar-refractivity contribution is 14.0. The standard InChI is InChI=1S/C17H24N4O2.HI/c1-2-19-17(21-14-9-13-6-7-15(14)23-13)20-10-11-4-3-5-12(8-11)16(18)22;/h3-5,8,13-15H,2,6-7,9-10H2,1H3,(H2,18,22)(H2,19,20,21);1H. The molecule has 3 atom stereocenters. The summed E-state index contributed by atoms with van der Waals surface area (Å²) in [5, 5.41) is 6.75. The van der Waals surface area contributed by atoms with Crippen molar-refractivity contribution in [3.05, 3.63) is 35.4 Å². The first kappa shape index (κ1) is 19.0. The van der Waals surface area contributed by atoms with Crippen LogP contribution < -0.4 is 16.4 Å². The highest BCUT2D eigenvalue weighted by Gasteiger charge is 2.41. The van der Waals surface area contributed by atoms with Crippen LogP contribution in [-0.4, -0.2) is 36.7 Å². The molecule has 0 aliphatic carbocycles. The second-order valence-corrected chi connectivity index (χ2v) is 6.12. The number of primary amides is 1. The number of rotatable bonds is 5. The average molecular weight is 444 g/mol. The van der Waals surface area contributed by atoms with Crippen molar-refractivity contribution in [1.82, 2.24) is 10.6 Å². The average Bonchev–Trinajstić information content (AvgIpc) is 3.16. The Morgan fingerprint density at radius 1 is 1.42 bits per heavy atom. The van der Waals surface area contributed by atoms with Crippen LogP contribution in [0.25, 0.3) is 0 Å². The third-order valence-corrected chi connectivity index (χ3v) is 4.40. The van der Waals surface area contributed by atoms with Crippen LogP contribution in [-0.2, 0) is 11.3 Å². The lowest BCUT2D eigenvalue weighted by molar-refractivity contribution is 0.0990. The third kappa shape index (κ3) is 4.60. The van der Waals surface area contributed by atoms with Crippen LogP contribution in [0.5, 0.6) is 0 Å². The molecule has 4 N–H and O–H groups in total. The van der Waals surface area contributed by atoms with E-state index >= 15 is 0 Å². The van der Waals surface area contributed by atoms with Crippen LogP contribution in [0.3, 0.4) is 0 Å². The maximum Gasteiger partial charge on any atom is 0.248 e. The minimum Gasteiger partial charge on any atom is -0.373 e. The zero-order valence-electron chi connectivity index (χ0n) is 13.8. The van der Waals surface area contributed by atoms with E-state index in [1.54, 1.807) is 12.1 Å². The minimum atomic E-state index is -0.417. The number of hydrogen-bond donors (Lipinski definition) is 3. The summed E-state index contributed by atoms with van der Waals surface area (Å²) in [5.41, 5.74) is 6.79. The first-order valence-electron chi connectivity index (χ1n) is 8.24. The smallest absolute Gasteiger partial charge is 0.248 e. The molecule has 1 aromatic carbocycles. The molecule has 2 saturated heterocycles. The van der Waals surface area contributed by atoms with Crippen molar-refractivity contribution in [2.45, 2.75) is 51.0 Å². The fourth-order valence-corrected chi connectivity index (χ4v) is 3.28. The molecule has 24 heavy (non-hydrogen) atoms. The summed E-state index contributed by atoms with van der Waals surface area (Å²) in [6.45, 7) is 3.34. The zero-order chi connectivity index (χ0) is 16.2. The Hall–Kier alpha value is -1.35. The van der Waals surface area contributed by atoms with Gasteiger partial charge >= 0.3 is 0 Å². The van der Waals surface area contributed by atoms with E-state index in [1.165, 1.54) is 6.42 Å². The number of amides is 1. The van der Waals surface area contributed by atoms with Gasteiger partial charge in [0.25, 0.3) is 0 Å². The molecule has 2 fully saturated rings. The number of ether oxygens (including phenoxy) is 1. The summed E-state index contributed by atoms with van der Waals surface area (Å²) < 4.78 is 5.87. The predicted octanol–water partition coefficient (Wildman–Crippen LogP) is 1.78. The fraction of sp³-hybridized carbons (Fsp3) is 0.529. The normalized spacial score (nSPS) is 25.2. The van der Waals surface area contributed by atoms with E-state index in [-0.39, 0.29) is 24.0 Å². The van der Waals surface area contributed by atoms with E-state index in [9.17, 15) is 4.79 Å². The van der Waals surface area contributed by atoms with Crippen LogP contribution >= 0.6 is 24.0 Å². The highest BCUT2D eigenvalue weighted by atomic mass is 127. The van der Waals surface area contributed by atoms with Crippen LogP contribution in [0.1, 0.15) is 42.1 Å². The Balaban J connectivity index is 0.00000208. The number of fused-ring (bicyclic) bond motifs is 2. The molecule has 0 spiro atoms. The number of benzene rings is 1. The Morgan fingerprint density at radius 3 is 2.88 bits per heavy atom. The lowest BCUT2D eigenvalue weighted by Crippen LogP contribution is -2.47. The Bertz CT molecular complexity index is 608. The monoisotopic (exact) mass is 444 g/mol. The third-order valence-electron chi connectivity index (χ3n) is 4.40. The molecule has 6 nitrogen and oxygen atoms in total. The molecule has 0 saturated carbocycles. The van der Waals surface area contributed by atoms with Gasteiger partial charge in [0.15, 0.2) is 5.96 Å². The molecule has 0 aromatic heterocycles. The summed E-state index contributed by atoms with van der Waals surface area (Å²) in [6, 6.07) is 7.61. The topological polar surface area (TPSA) is 88.7 Å². The molecule has 0 radical (unpaired) electrons. The number of nitrogens with zero attached hydrogens (tertiary/aromatic N) is 1. The first-order valence-corrected chi connectivity index (χ1v) is 8.24. The van der Waals surface area contributed by atoms with E-state index in [1.807, 2.05) is 19.1 Å². The van der Waals surface area contributed by atoms with Crippen molar-refractivity contribution in [2.75, 3.05) is 6.54 Å². The van der Waals surface area contributed by atoms with Gasteiger partial charge in [-0.1, -0.05) is 12.1 Å². The van der Waals surface area contributed by atoms with Crippen molar-refractivity contribution in [1.29, 1.82) is 0 Å². The van der Waals surface area contributed by atoms with Crippen LogP contribution in [0, 0.1) is 0 Å². The Morgan fingerprint density at radius 2 is 2.25 bits per heavy atom. The maximum absolute atomic E-state index is 11.2. The molecule has 2 bridgehead atoms. The molecule has 3 rings (SSSR count). The lowest BCUT2D eigenvalue weighted by Gasteiger charge is -2.22. The van der Waals surface area contributed by atoms with Gasteiger partial charge in [-0.15, -0.1) is 24.0 Å². The quantitative estimate of drug-likeness (QED) is 0.367. The molecular weight excluding hydrogens is 419 g/mol. The number of nitrogens with two attached hydrogens (primary N) is 1. The number of carbonyl (C=O) groups excluding carboxylic acids is 1. The first-order chi connectivity index (χ1) is 11.2. The largest absolute Gasteiger partial charge is 0.373 e. The SMILES string of the molecule is CCNC(=NCc1cccc(C(N)=O)c1)NC1CC2CCC1O2.I. The van der Waals surface area contributed by atoms with E-state index in [0.29, 0.717) is 30.4 Å². The molecule has 1 amide bonds. The number of guanidine groups is 1. The second-order valence-electron chi connectivity index (χ2n) is 6.12. The summed E-state index contributed by atoms with van der Waals surface area (Å²) >= 11 is 0. The highest BCUT2D eigenvalue weighted by Crippen LogP contribution is 2.34. The molecule has 7 heteroatoms. The van der Waals surface area contributed by atoms with Crippen LogP contribution in [0.2, 0.25) is 0 Å². The zero-order valence-corrected chi connectivity index (χ0v) is 16.2. The summed E-state index contributed by atoms with van der Waals surface area (Å²) in [6.07, 6.45) is 4.07. The number of aliphatic imine (C=N–C) groups is 1. The molecule has 2 heterocycles. The van der Waals surface area contributed by atoms with Crippen molar-refractivity contribution >= 4 is 35.8 Å². The van der Waals surface area contributed by atoms with Gasteiger partial charge in [0, 0.05) is 12.1 Å². The molecule has 2 aliphatic rings. The molecular formula is C17H25IN4O2. The van der Waals surface area contributed by atoms with Gasteiger partial charge in [0.1, 0.15) is 0 Å². The van der Waals surface area contributed by atoms with Crippen molar-refractivity contribution in [3.8, 4) is 0 Å². The van der Waals surface area contributed by atoms with E-state index < -0.39 is 5.91 Å². The number of hydrogen-bond acceptors (Lipinski definition) is 3. The Kier molecular flexibility index (Phi) is 6.85. The van der Waals surface area contributed by atoms with Gasteiger partial charge in [0.2, 0.25) is 5.91 Å². The molecule has 2 aliphatic heterocycles. The predicted molar refractivity (Wildman–Crippen MR) is 105 cm³/mol. The Labute approximate surface area is 159 Å². The number of halogens is 1. The minimum absolute atomic E-state index is 0. The van der Waals surface area contributed by atoms with Gasteiger partial charge in [-0.3, -0.25) is 4.79 Å². The van der Waals surface area contributed by atoms with Gasteiger partial charge in [-0.2, -0.15) is 0 Å². The van der Waals surface area contributed by atoms with Crippen molar-refractivity contribution in [3.63, 3.8) is 0 Å². The fourth-order valence-electron chi connectivity index (χ4n) is 3.28. The molecule has 1 aromatic rings. The van der Waals surface area contributed by atoms with Crippen LogP contribution in [0.4, 0.5) is 0 Å². The molecule has 3 unspecified atom stereocenters. The summed E-state index contributed by atoms with van der Waals surface area (Å²) in [7, 11) is 0. The van der Waals surface area contributed by atoms with Gasteiger partial charge in [-0.25, -0.2) is 4.99 Å². The van der Waals surface area contributed by atoms with Crippen molar-refractivity contribution in [2.24, 2.45) is 10.7 Å². The van der Waals surface area contributed by atoms with E-state index in [2.05, 4.69) is 15.6 Å².